The minimum absolute atomic E-state index is 0.00178. The topological polar surface area (TPSA) is 73.6 Å². The first-order valence-corrected chi connectivity index (χ1v) is 6.64. The van der Waals surface area contributed by atoms with Crippen LogP contribution in [0.15, 0.2) is 18.2 Å². The molecule has 0 atom stereocenters. The van der Waals surface area contributed by atoms with Crippen molar-refractivity contribution < 1.29 is 14.3 Å². The summed E-state index contributed by atoms with van der Waals surface area (Å²) in [4.78, 5) is 11.8. The van der Waals surface area contributed by atoms with Crippen molar-refractivity contribution in [1.29, 1.82) is 0 Å². The Morgan fingerprint density at radius 3 is 2.60 bits per heavy atom. The van der Waals surface area contributed by atoms with Crippen LogP contribution >= 0.6 is 0 Å². The number of ether oxygens (including phenoxy) is 2. The molecule has 1 rings (SSSR count). The van der Waals surface area contributed by atoms with Crippen LogP contribution in [0.5, 0.6) is 5.75 Å². The molecule has 0 aromatic heterocycles. The van der Waals surface area contributed by atoms with Gasteiger partial charge in [0.15, 0.2) is 0 Å². The van der Waals surface area contributed by atoms with Gasteiger partial charge >= 0.3 is 0 Å². The Balaban J connectivity index is 2.83. The standard InChI is InChI=1S/C15H24N2O3/c1-15(2,3)11-5-6-13(19-4)12(9-11)17-14(18)10-20-8-7-16/h5-6,9H,7-8,10,16H2,1-4H3,(H,17,18). The molecule has 0 unspecified atom stereocenters. The lowest BCUT2D eigenvalue weighted by molar-refractivity contribution is -0.120. The monoisotopic (exact) mass is 280 g/mol. The zero-order chi connectivity index (χ0) is 15.2. The minimum atomic E-state index is -0.220. The fourth-order valence-electron chi connectivity index (χ4n) is 1.71. The molecule has 3 N–H and O–H groups in total. The van der Waals surface area contributed by atoms with Crippen LogP contribution in [0.3, 0.4) is 0 Å². The maximum absolute atomic E-state index is 11.8. The third kappa shape index (κ3) is 4.83. The summed E-state index contributed by atoms with van der Waals surface area (Å²) in [7, 11) is 1.58. The van der Waals surface area contributed by atoms with Gasteiger partial charge in [-0.1, -0.05) is 26.8 Å². The Bertz CT molecular complexity index is 453. The van der Waals surface area contributed by atoms with Crippen LogP contribution in [0.1, 0.15) is 26.3 Å². The summed E-state index contributed by atoms with van der Waals surface area (Å²) < 4.78 is 10.4. The largest absolute Gasteiger partial charge is 0.495 e. The number of benzene rings is 1. The minimum Gasteiger partial charge on any atom is -0.495 e. The second-order valence-corrected chi connectivity index (χ2v) is 5.55. The first-order valence-electron chi connectivity index (χ1n) is 6.64. The number of anilines is 1. The molecular formula is C15H24N2O3. The third-order valence-electron chi connectivity index (χ3n) is 2.83. The van der Waals surface area contributed by atoms with E-state index in [-0.39, 0.29) is 17.9 Å². The molecule has 0 radical (unpaired) electrons. The molecule has 0 heterocycles. The summed E-state index contributed by atoms with van der Waals surface area (Å²) in [5, 5.41) is 2.80. The Hall–Kier alpha value is -1.59. The van der Waals surface area contributed by atoms with Gasteiger partial charge in [0.05, 0.1) is 19.4 Å². The van der Waals surface area contributed by atoms with E-state index in [4.69, 9.17) is 15.2 Å². The Kier molecular flexibility index (Phi) is 5.98. The van der Waals surface area contributed by atoms with Gasteiger partial charge in [-0.05, 0) is 23.1 Å². The second-order valence-electron chi connectivity index (χ2n) is 5.55. The molecule has 1 aromatic carbocycles. The molecule has 5 nitrogen and oxygen atoms in total. The molecule has 0 saturated heterocycles. The normalized spacial score (nSPS) is 11.2. The number of nitrogens with two attached hydrogens (primary N) is 1. The van der Waals surface area contributed by atoms with Crippen LogP contribution < -0.4 is 15.8 Å². The molecule has 5 heteroatoms. The maximum atomic E-state index is 11.8. The van der Waals surface area contributed by atoms with Crippen molar-refractivity contribution in [3.8, 4) is 5.75 Å². The van der Waals surface area contributed by atoms with Crippen molar-refractivity contribution in [2.75, 3.05) is 32.2 Å². The number of rotatable bonds is 6. The van der Waals surface area contributed by atoms with E-state index in [1.807, 2.05) is 18.2 Å². The SMILES string of the molecule is COc1ccc(C(C)(C)C)cc1NC(=O)COCCN. The van der Waals surface area contributed by atoms with Gasteiger partial charge in [-0.2, -0.15) is 0 Å². The van der Waals surface area contributed by atoms with Gasteiger partial charge in [0.2, 0.25) is 5.91 Å². The summed E-state index contributed by atoms with van der Waals surface area (Å²) in [6.45, 7) is 7.10. The Morgan fingerprint density at radius 2 is 2.05 bits per heavy atom. The van der Waals surface area contributed by atoms with Crippen molar-refractivity contribution in [2.45, 2.75) is 26.2 Å². The lowest BCUT2D eigenvalue weighted by atomic mass is 9.87. The predicted octanol–water partition coefficient (Wildman–Crippen LogP) is 1.91. The molecule has 0 bridgehead atoms. The van der Waals surface area contributed by atoms with Gasteiger partial charge in [-0.25, -0.2) is 0 Å². The molecule has 0 fully saturated rings. The Labute approximate surface area is 120 Å². The zero-order valence-electron chi connectivity index (χ0n) is 12.7. The molecule has 1 aromatic rings. The van der Waals surface area contributed by atoms with Crippen molar-refractivity contribution in [2.24, 2.45) is 5.73 Å². The van der Waals surface area contributed by atoms with Crippen molar-refractivity contribution >= 4 is 11.6 Å². The van der Waals surface area contributed by atoms with Crippen LogP contribution in [-0.4, -0.2) is 32.8 Å². The average Bonchev–Trinajstić information content (AvgIpc) is 2.38. The lowest BCUT2D eigenvalue weighted by Gasteiger charge is -2.21. The van der Waals surface area contributed by atoms with E-state index in [2.05, 4.69) is 26.1 Å². The molecule has 0 aliphatic carbocycles. The van der Waals surface area contributed by atoms with Crippen molar-refractivity contribution in [3.63, 3.8) is 0 Å². The van der Waals surface area contributed by atoms with E-state index in [0.29, 0.717) is 24.6 Å². The molecule has 0 aliphatic heterocycles. The lowest BCUT2D eigenvalue weighted by Crippen LogP contribution is -2.21. The number of carbonyl (C=O) groups excluding carboxylic acids is 1. The first-order chi connectivity index (χ1) is 9.38. The molecule has 0 saturated carbocycles. The highest BCUT2D eigenvalue weighted by atomic mass is 16.5. The molecule has 1 amide bonds. The summed E-state index contributed by atoms with van der Waals surface area (Å²) >= 11 is 0. The van der Waals surface area contributed by atoms with Gasteiger partial charge in [-0.15, -0.1) is 0 Å². The van der Waals surface area contributed by atoms with Gasteiger partial charge in [0.25, 0.3) is 0 Å². The van der Waals surface area contributed by atoms with Gasteiger partial charge in [0, 0.05) is 6.54 Å². The van der Waals surface area contributed by atoms with E-state index in [0.717, 1.165) is 5.56 Å². The molecule has 0 aliphatic rings. The van der Waals surface area contributed by atoms with Crippen LogP contribution in [0.4, 0.5) is 5.69 Å². The predicted molar refractivity (Wildman–Crippen MR) is 80.2 cm³/mol. The zero-order valence-corrected chi connectivity index (χ0v) is 12.7. The third-order valence-corrected chi connectivity index (χ3v) is 2.83. The quantitative estimate of drug-likeness (QED) is 0.781. The highest BCUT2D eigenvalue weighted by Gasteiger charge is 2.16. The van der Waals surface area contributed by atoms with Gasteiger partial charge in [-0.3, -0.25) is 4.79 Å². The van der Waals surface area contributed by atoms with Gasteiger partial charge in [0.1, 0.15) is 12.4 Å². The van der Waals surface area contributed by atoms with Crippen LogP contribution in [0.25, 0.3) is 0 Å². The fourth-order valence-corrected chi connectivity index (χ4v) is 1.71. The Morgan fingerprint density at radius 1 is 1.35 bits per heavy atom. The second kappa shape index (κ2) is 7.26. The summed E-state index contributed by atoms with van der Waals surface area (Å²) in [6, 6.07) is 5.79. The molecule has 0 spiro atoms. The van der Waals surface area contributed by atoms with Crippen molar-refractivity contribution in [1.82, 2.24) is 0 Å². The number of carbonyl (C=O) groups is 1. The van der Waals surface area contributed by atoms with E-state index < -0.39 is 0 Å². The fraction of sp³-hybridized carbons (Fsp3) is 0.533. The van der Waals surface area contributed by atoms with Crippen molar-refractivity contribution in [3.05, 3.63) is 23.8 Å². The van der Waals surface area contributed by atoms with E-state index in [1.54, 1.807) is 7.11 Å². The van der Waals surface area contributed by atoms with Crippen LogP contribution in [0.2, 0.25) is 0 Å². The number of nitrogens with one attached hydrogen (secondary N) is 1. The smallest absolute Gasteiger partial charge is 0.250 e. The van der Waals surface area contributed by atoms with Crippen LogP contribution in [0, 0.1) is 0 Å². The number of amides is 1. The highest BCUT2D eigenvalue weighted by molar-refractivity contribution is 5.93. The number of methoxy groups -OCH3 is 1. The first kappa shape index (κ1) is 16.5. The maximum Gasteiger partial charge on any atom is 0.250 e. The average molecular weight is 280 g/mol. The summed E-state index contributed by atoms with van der Waals surface area (Å²) in [5.41, 5.74) is 7.08. The van der Waals surface area contributed by atoms with Gasteiger partial charge < -0.3 is 20.5 Å². The molecular weight excluding hydrogens is 256 g/mol. The molecule has 112 valence electrons. The summed E-state index contributed by atoms with van der Waals surface area (Å²) in [5.74, 6) is 0.410. The van der Waals surface area contributed by atoms with Crippen LogP contribution in [-0.2, 0) is 14.9 Å². The number of hydrogen-bond donors (Lipinski definition) is 2. The van der Waals surface area contributed by atoms with E-state index >= 15 is 0 Å². The van der Waals surface area contributed by atoms with E-state index in [9.17, 15) is 4.79 Å². The summed E-state index contributed by atoms with van der Waals surface area (Å²) in [6.07, 6.45) is 0. The van der Waals surface area contributed by atoms with E-state index in [1.165, 1.54) is 0 Å². The number of hydrogen-bond acceptors (Lipinski definition) is 4. The highest BCUT2D eigenvalue weighted by Crippen LogP contribution is 2.31. The molecule has 20 heavy (non-hydrogen) atoms.